The summed E-state index contributed by atoms with van der Waals surface area (Å²) in [6.07, 6.45) is 3.64. The van der Waals surface area contributed by atoms with Crippen molar-refractivity contribution in [2.24, 2.45) is 0 Å². The molecule has 1 heterocycles. The normalized spacial score (nSPS) is 20.6. The molecule has 1 aromatic carbocycles. The van der Waals surface area contributed by atoms with Gasteiger partial charge in [0.05, 0.1) is 4.90 Å². The molecule has 0 saturated carbocycles. The molecule has 1 aromatic rings. The molecule has 0 aromatic heterocycles. The Morgan fingerprint density at radius 2 is 1.64 bits per heavy atom. The van der Waals surface area contributed by atoms with E-state index in [4.69, 9.17) is 0 Å². The van der Waals surface area contributed by atoms with Crippen LogP contribution < -0.4 is 0 Å². The number of nitrogens with zero attached hydrogens (tertiary/aromatic N) is 1. The first kappa shape index (κ1) is 9.87. The molecule has 3 heteroatoms. The first-order chi connectivity index (χ1) is 6.88. The fourth-order valence-electron chi connectivity index (χ4n) is 1.72. The Labute approximate surface area is 87.5 Å². The van der Waals surface area contributed by atoms with Crippen molar-refractivity contribution >= 4 is 11.0 Å². The standard InChI is InChI=1S/C11H15NOS/c13-14(11-7-3-1-4-8-11)12-9-5-2-6-10-12/h1,3-4,7-8H,2,5-6,9-10H2. The lowest BCUT2D eigenvalue weighted by Gasteiger charge is -2.24. The quantitative estimate of drug-likeness (QED) is 0.731. The Morgan fingerprint density at radius 1 is 1.00 bits per heavy atom. The zero-order chi connectivity index (χ0) is 9.80. The average Bonchev–Trinajstić information content (AvgIpc) is 2.30. The van der Waals surface area contributed by atoms with E-state index >= 15 is 0 Å². The van der Waals surface area contributed by atoms with Crippen LogP contribution in [-0.4, -0.2) is 21.6 Å². The topological polar surface area (TPSA) is 20.3 Å². The molecule has 0 amide bonds. The predicted molar refractivity (Wildman–Crippen MR) is 58.3 cm³/mol. The van der Waals surface area contributed by atoms with Gasteiger partial charge >= 0.3 is 0 Å². The molecule has 14 heavy (non-hydrogen) atoms. The van der Waals surface area contributed by atoms with E-state index in [1.54, 1.807) is 0 Å². The van der Waals surface area contributed by atoms with Gasteiger partial charge in [0.15, 0.2) is 0 Å². The molecule has 1 atom stereocenters. The van der Waals surface area contributed by atoms with Crippen LogP contribution in [-0.2, 0) is 11.0 Å². The summed E-state index contributed by atoms with van der Waals surface area (Å²) in [7, 11) is -0.937. The first-order valence-electron chi connectivity index (χ1n) is 5.10. The molecule has 0 radical (unpaired) electrons. The van der Waals surface area contributed by atoms with E-state index in [2.05, 4.69) is 4.31 Å². The minimum atomic E-state index is -0.937. The summed E-state index contributed by atoms with van der Waals surface area (Å²) in [5.74, 6) is 0. The zero-order valence-electron chi connectivity index (χ0n) is 8.19. The van der Waals surface area contributed by atoms with Crippen LogP contribution in [0.25, 0.3) is 0 Å². The van der Waals surface area contributed by atoms with Crippen molar-refractivity contribution in [1.29, 1.82) is 0 Å². The smallest absolute Gasteiger partial charge is 0.127 e. The lowest BCUT2D eigenvalue weighted by Crippen LogP contribution is -2.31. The highest BCUT2D eigenvalue weighted by Gasteiger charge is 2.17. The van der Waals surface area contributed by atoms with Gasteiger partial charge in [-0.05, 0) is 25.0 Å². The third-order valence-corrected chi connectivity index (χ3v) is 4.00. The van der Waals surface area contributed by atoms with Gasteiger partial charge in [-0.2, -0.15) is 0 Å². The van der Waals surface area contributed by atoms with Crippen molar-refractivity contribution in [3.63, 3.8) is 0 Å². The van der Waals surface area contributed by atoms with Gasteiger partial charge in [-0.1, -0.05) is 24.6 Å². The second-order valence-corrected chi connectivity index (χ2v) is 5.04. The van der Waals surface area contributed by atoms with E-state index in [-0.39, 0.29) is 0 Å². The maximum Gasteiger partial charge on any atom is 0.127 e. The molecule has 2 rings (SSSR count). The minimum absolute atomic E-state index is 0.925. The fourth-order valence-corrected chi connectivity index (χ4v) is 2.99. The third-order valence-electron chi connectivity index (χ3n) is 2.49. The Morgan fingerprint density at radius 3 is 2.29 bits per heavy atom. The lowest BCUT2D eigenvalue weighted by atomic mass is 10.2. The lowest BCUT2D eigenvalue weighted by molar-refractivity contribution is 0.365. The van der Waals surface area contributed by atoms with Crippen LogP contribution in [0.4, 0.5) is 0 Å². The van der Waals surface area contributed by atoms with Gasteiger partial charge < -0.3 is 0 Å². The number of benzene rings is 1. The highest BCUT2D eigenvalue weighted by molar-refractivity contribution is 7.82. The van der Waals surface area contributed by atoms with Crippen molar-refractivity contribution in [2.75, 3.05) is 13.1 Å². The number of hydrogen-bond acceptors (Lipinski definition) is 1. The molecular weight excluding hydrogens is 194 g/mol. The van der Waals surface area contributed by atoms with E-state index in [1.807, 2.05) is 30.3 Å². The maximum absolute atomic E-state index is 12.0. The molecule has 1 aliphatic rings. The highest BCUT2D eigenvalue weighted by Crippen LogP contribution is 2.16. The largest absolute Gasteiger partial charge is 0.237 e. The molecule has 2 nitrogen and oxygen atoms in total. The summed E-state index contributed by atoms with van der Waals surface area (Å²) in [5, 5.41) is 0. The van der Waals surface area contributed by atoms with Crippen LogP contribution >= 0.6 is 0 Å². The van der Waals surface area contributed by atoms with Gasteiger partial charge in [-0.3, -0.25) is 0 Å². The van der Waals surface area contributed by atoms with E-state index in [0.717, 1.165) is 18.0 Å². The molecule has 0 N–H and O–H groups in total. The van der Waals surface area contributed by atoms with Crippen LogP contribution in [0.1, 0.15) is 19.3 Å². The summed E-state index contributed by atoms with van der Waals surface area (Å²) in [6, 6.07) is 9.71. The van der Waals surface area contributed by atoms with Gasteiger partial charge in [0.2, 0.25) is 0 Å². The van der Waals surface area contributed by atoms with Crippen molar-refractivity contribution in [2.45, 2.75) is 24.2 Å². The summed E-state index contributed by atoms with van der Waals surface area (Å²) >= 11 is 0. The molecule has 0 aliphatic carbocycles. The zero-order valence-corrected chi connectivity index (χ0v) is 9.00. The van der Waals surface area contributed by atoms with Crippen LogP contribution in [0.5, 0.6) is 0 Å². The number of piperidine rings is 1. The number of rotatable bonds is 2. The van der Waals surface area contributed by atoms with E-state index in [0.29, 0.717) is 0 Å². The Balaban J connectivity index is 2.07. The third kappa shape index (κ3) is 2.22. The Bertz CT molecular complexity index is 306. The average molecular weight is 209 g/mol. The second-order valence-electron chi connectivity index (χ2n) is 3.55. The van der Waals surface area contributed by atoms with E-state index < -0.39 is 11.0 Å². The highest BCUT2D eigenvalue weighted by atomic mass is 32.2. The summed E-state index contributed by atoms with van der Waals surface area (Å²) in [6.45, 7) is 1.95. The van der Waals surface area contributed by atoms with Crippen molar-refractivity contribution < 1.29 is 4.21 Å². The van der Waals surface area contributed by atoms with Crippen LogP contribution in [0.3, 0.4) is 0 Å². The molecule has 1 aliphatic heterocycles. The first-order valence-corrected chi connectivity index (χ1v) is 6.20. The van der Waals surface area contributed by atoms with Crippen molar-refractivity contribution in [3.05, 3.63) is 30.3 Å². The molecule has 1 fully saturated rings. The monoisotopic (exact) mass is 209 g/mol. The SMILES string of the molecule is O=S(c1ccccc1)N1CCCCC1. The Hall–Kier alpha value is -0.670. The van der Waals surface area contributed by atoms with Gasteiger partial charge in [0.25, 0.3) is 0 Å². The van der Waals surface area contributed by atoms with Crippen LogP contribution in [0, 0.1) is 0 Å². The maximum atomic E-state index is 12.0. The van der Waals surface area contributed by atoms with Gasteiger partial charge in [-0.25, -0.2) is 8.51 Å². The number of hydrogen-bond donors (Lipinski definition) is 0. The summed E-state index contributed by atoms with van der Waals surface area (Å²) < 4.78 is 14.1. The Kier molecular flexibility index (Phi) is 3.32. The summed E-state index contributed by atoms with van der Waals surface area (Å²) in [5.41, 5.74) is 0. The van der Waals surface area contributed by atoms with Crippen LogP contribution in [0.2, 0.25) is 0 Å². The molecule has 1 unspecified atom stereocenters. The van der Waals surface area contributed by atoms with Crippen molar-refractivity contribution in [3.8, 4) is 0 Å². The molecule has 76 valence electrons. The van der Waals surface area contributed by atoms with Gasteiger partial charge in [0.1, 0.15) is 11.0 Å². The van der Waals surface area contributed by atoms with Gasteiger partial charge in [0, 0.05) is 13.1 Å². The van der Waals surface area contributed by atoms with Crippen LogP contribution in [0.15, 0.2) is 35.2 Å². The van der Waals surface area contributed by atoms with E-state index in [9.17, 15) is 4.21 Å². The van der Waals surface area contributed by atoms with Crippen molar-refractivity contribution in [1.82, 2.24) is 4.31 Å². The van der Waals surface area contributed by atoms with E-state index in [1.165, 1.54) is 19.3 Å². The molecular formula is C11H15NOS. The second kappa shape index (κ2) is 4.71. The summed E-state index contributed by atoms with van der Waals surface area (Å²) in [4.78, 5) is 0.925. The molecule has 0 spiro atoms. The molecule has 1 saturated heterocycles. The minimum Gasteiger partial charge on any atom is -0.237 e. The fraction of sp³-hybridized carbons (Fsp3) is 0.455. The van der Waals surface area contributed by atoms with Gasteiger partial charge in [-0.15, -0.1) is 0 Å². The predicted octanol–water partition coefficient (Wildman–Crippen LogP) is 2.20. The molecule has 0 bridgehead atoms.